The van der Waals surface area contributed by atoms with Crippen LogP contribution in [0.4, 0.5) is 10.1 Å². The van der Waals surface area contributed by atoms with Gasteiger partial charge in [-0.15, -0.1) is 0 Å². The van der Waals surface area contributed by atoms with Crippen LogP contribution in [0.5, 0.6) is 0 Å². The van der Waals surface area contributed by atoms with Gasteiger partial charge in [0.2, 0.25) is 0 Å². The summed E-state index contributed by atoms with van der Waals surface area (Å²) in [4.78, 5) is 4.21. The summed E-state index contributed by atoms with van der Waals surface area (Å²) in [5, 5.41) is 9.49. The molecule has 0 saturated carbocycles. The summed E-state index contributed by atoms with van der Waals surface area (Å²) in [5.74, 6) is -0.184. The Bertz CT molecular complexity index is 658. The molecule has 0 N–H and O–H groups in total. The molecular weight excluding hydrogens is 277 g/mol. The minimum absolute atomic E-state index is 0.184. The van der Waals surface area contributed by atoms with Crippen LogP contribution in [-0.4, -0.2) is 31.1 Å². The number of benzene rings is 2. The lowest BCUT2D eigenvalue weighted by molar-refractivity contribution is 0.221. The van der Waals surface area contributed by atoms with Crippen LogP contribution in [0.15, 0.2) is 54.6 Å². The van der Waals surface area contributed by atoms with Crippen molar-refractivity contribution in [1.29, 1.82) is 5.26 Å². The molecule has 1 heterocycles. The first-order chi connectivity index (χ1) is 10.8. The molecule has 3 nitrogen and oxygen atoms in total. The van der Waals surface area contributed by atoms with Gasteiger partial charge in [0.25, 0.3) is 0 Å². The van der Waals surface area contributed by atoms with Crippen molar-refractivity contribution in [1.82, 2.24) is 4.90 Å². The van der Waals surface area contributed by atoms with E-state index in [2.05, 4.69) is 11.0 Å². The van der Waals surface area contributed by atoms with Gasteiger partial charge >= 0.3 is 0 Å². The van der Waals surface area contributed by atoms with Crippen LogP contribution in [0.3, 0.4) is 0 Å². The van der Waals surface area contributed by atoms with Crippen LogP contribution in [0.25, 0.3) is 0 Å². The minimum Gasteiger partial charge on any atom is -0.367 e. The van der Waals surface area contributed by atoms with E-state index in [1.165, 1.54) is 6.07 Å². The van der Waals surface area contributed by atoms with E-state index in [1.807, 2.05) is 47.4 Å². The first-order valence-electron chi connectivity index (χ1n) is 7.47. The van der Waals surface area contributed by atoms with Crippen molar-refractivity contribution in [2.24, 2.45) is 0 Å². The average Bonchev–Trinajstić information content (AvgIpc) is 2.58. The summed E-state index contributed by atoms with van der Waals surface area (Å²) >= 11 is 0. The summed E-state index contributed by atoms with van der Waals surface area (Å²) in [7, 11) is 0. The van der Waals surface area contributed by atoms with Crippen LogP contribution in [0.2, 0.25) is 0 Å². The molecule has 3 rings (SSSR count). The number of halogens is 1. The Hall–Kier alpha value is -2.38. The van der Waals surface area contributed by atoms with E-state index in [0.29, 0.717) is 5.69 Å². The zero-order valence-electron chi connectivity index (χ0n) is 12.3. The molecule has 2 aromatic carbocycles. The third-order valence-electron chi connectivity index (χ3n) is 4.11. The van der Waals surface area contributed by atoms with Gasteiger partial charge in [0.05, 0.1) is 11.8 Å². The van der Waals surface area contributed by atoms with Crippen LogP contribution < -0.4 is 4.90 Å². The predicted molar refractivity (Wildman–Crippen MR) is 85.0 cm³/mol. The molecule has 4 heteroatoms. The van der Waals surface area contributed by atoms with Gasteiger partial charge in [0, 0.05) is 26.2 Å². The zero-order valence-corrected chi connectivity index (χ0v) is 12.3. The second kappa shape index (κ2) is 6.59. The Balaban J connectivity index is 1.69. The van der Waals surface area contributed by atoms with E-state index in [4.69, 9.17) is 0 Å². The van der Waals surface area contributed by atoms with Crippen molar-refractivity contribution in [3.8, 4) is 6.07 Å². The molecule has 1 fully saturated rings. The van der Waals surface area contributed by atoms with E-state index in [1.54, 1.807) is 6.07 Å². The number of para-hydroxylation sites is 1. The fourth-order valence-electron chi connectivity index (χ4n) is 2.93. The number of nitriles is 1. The quantitative estimate of drug-likeness (QED) is 0.871. The third-order valence-corrected chi connectivity index (χ3v) is 4.11. The fraction of sp³-hybridized carbons (Fsp3) is 0.278. The van der Waals surface area contributed by atoms with Gasteiger partial charge in [-0.1, -0.05) is 42.5 Å². The van der Waals surface area contributed by atoms with Crippen molar-refractivity contribution in [3.63, 3.8) is 0 Å². The van der Waals surface area contributed by atoms with Crippen molar-refractivity contribution < 1.29 is 4.39 Å². The Morgan fingerprint density at radius 1 is 0.909 bits per heavy atom. The number of rotatable bonds is 3. The topological polar surface area (TPSA) is 30.3 Å². The molecule has 1 aliphatic rings. The van der Waals surface area contributed by atoms with Gasteiger partial charge in [0.1, 0.15) is 11.9 Å². The number of nitrogens with zero attached hydrogens (tertiary/aromatic N) is 3. The van der Waals surface area contributed by atoms with Crippen LogP contribution >= 0.6 is 0 Å². The lowest BCUT2D eigenvalue weighted by Gasteiger charge is -2.38. The van der Waals surface area contributed by atoms with Crippen LogP contribution in [0.1, 0.15) is 11.6 Å². The highest BCUT2D eigenvalue weighted by Crippen LogP contribution is 2.25. The molecule has 0 spiro atoms. The zero-order chi connectivity index (χ0) is 15.4. The molecule has 0 amide bonds. The summed E-state index contributed by atoms with van der Waals surface area (Å²) in [5.41, 5.74) is 1.67. The van der Waals surface area contributed by atoms with Crippen LogP contribution in [-0.2, 0) is 0 Å². The second-order valence-electron chi connectivity index (χ2n) is 5.42. The summed E-state index contributed by atoms with van der Waals surface area (Å²) < 4.78 is 13.9. The van der Waals surface area contributed by atoms with Gasteiger partial charge in [-0.25, -0.2) is 4.39 Å². The minimum atomic E-state index is -0.232. The molecule has 0 aliphatic carbocycles. The van der Waals surface area contributed by atoms with Gasteiger partial charge in [-0.05, 0) is 17.7 Å². The molecular formula is C18H18FN3. The largest absolute Gasteiger partial charge is 0.367 e. The van der Waals surface area contributed by atoms with E-state index >= 15 is 0 Å². The lowest BCUT2D eigenvalue weighted by atomic mass is 10.1. The van der Waals surface area contributed by atoms with Crippen molar-refractivity contribution >= 4 is 5.69 Å². The highest BCUT2D eigenvalue weighted by atomic mass is 19.1. The van der Waals surface area contributed by atoms with E-state index < -0.39 is 0 Å². The molecule has 1 saturated heterocycles. The molecule has 112 valence electrons. The first kappa shape index (κ1) is 14.6. The second-order valence-corrected chi connectivity index (χ2v) is 5.42. The van der Waals surface area contributed by atoms with E-state index in [-0.39, 0.29) is 11.9 Å². The Morgan fingerprint density at radius 3 is 2.18 bits per heavy atom. The molecule has 0 radical (unpaired) electrons. The van der Waals surface area contributed by atoms with Gasteiger partial charge < -0.3 is 4.90 Å². The molecule has 1 aliphatic heterocycles. The Kier molecular flexibility index (Phi) is 4.36. The number of anilines is 1. The maximum atomic E-state index is 13.9. The Labute approximate surface area is 130 Å². The monoisotopic (exact) mass is 295 g/mol. The molecule has 1 unspecified atom stereocenters. The van der Waals surface area contributed by atoms with Crippen LogP contribution in [0, 0.1) is 17.1 Å². The highest BCUT2D eigenvalue weighted by molar-refractivity contribution is 5.48. The standard InChI is InChI=1S/C18H18FN3/c19-16-8-4-5-9-17(16)21-10-12-22(13-11-21)18(14-20)15-6-2-1-3-7-15/h1-9,18H,10-13H2. The fourth-order valence-corrected chi connectivity index (χ4v) is 2.93. The summed E-state index contributed by atoms with van der Waals surface area (Å²) in [6, 6.07) is 18.8. The van der Waals surface area contributed by atoms with Crippen molar-refractivity contribution in [2.75, 3.05) is 31.1 Å². The van der Waals surface area contributed by atoms with Crippen molar-refractivity contribution in [3.05, 3.63) is 66.0 Å². The number of hydrogen-bond donors (Lipinski definition) is 0. The van der Waals surface area contributed by atoms with Crippen molar-refractivity contribution in [2.45, 2.75) is 6.04 Å². The SMILES string of the molecule is N#CC(c1ccccc1)N1CCN(c2ccccc2F)CC1. The third kappa shape index (κ3) is 2.95. The maximum absolute atomic E-state index is 13.9. The molecule has 0 bridgehead atoms. The first-order valence-corrected chi connectivity index (χ1v) is 7.47. The molecule has 22 heavy (non-hydrogen) atoms. The van der Waals surface area contributed by atoms with E-state index in [9.17, 15) is 9.65 Å². The molecule has 1 atom stereocenters. The number of hydrogen-bond acceptors (Lipinski definition) is 3. The van der Waals surface area contributed by atoms with Gasteiger partial charge in [-0.3, -0.25) is 4.90 Å². The lowest BCUT2D eigenvalue weighted by Crippen LogP contribution is -2.47. The molecule has 2 aromatic rings. The normalized spacial score (nSPS) is 17.0. The van der Waals surface area contributed by atoms with Gasteiger partial charge in [-0.2, -0.15) is 5.26 Å². The summed E-state index contributed by atoms with van der Waals surface area (Å²) in [6.07, 6.45) is 0. The Morgan fingerprint density at radius 2 is 1.55 bits per heavy atom. The smallest absolute Gasteiger partial charge is 0.146 e. The molecule has 0 aromatic heterocycles. The van der Waals surface area contributed by atoms with Gasteiger partial charge in [0.15, 0.2) is 0 Å². The number of piperazine rings is 1. The average molecular weight is 295 g/mol. The summed E-state index contributed by atoms with van der Waals surface area (Å²) in [6.45, 7) is 2.96. The predicted octanol–water partition coefficient (Wildman–Crippen LogP) is 3.21. The van der Waals surface area contributed by atoms with E-state index in [0.717, 1.165) is 31.7 Å². The highest BCUT2D eigenvalue weighted by Gasteiger charge is 2.25. The maximum Gasteiger partial charge on any atom is 0.146 e.